The number of halogens is 3. The number of sulfonamides is 1. The molecule has 2 N–H and O–H groups in total. The Morgan fingerprint density at radius 1 is 1.32 bits per heavy atom. The van der Waals surface area contributed by atoms with Crippen molar-refractivity contribution in [2.75, 3.05) is 16.3 Å². The molecule has 2 aromatic heterocycles. The first kappa shape index (κ1) is 22.9. The van der Waals surface area contributed by atoms with Crippen LogP contribution in [0.3, 0.4) is 0 Å². The Labute approximate surface area is 179 Å². The molecule has 1 aliphatic heterocycles. The van der Waals surface area contributed by atoms with Crippen molar-refractivity contribution in [3.63, 3.8) is 0 Å². The minimum atomic E-state index is -4.65. The molecular formula is C17H18F3N5O4S2. The summed E-state index contributed by atoms with van der Waals surface area (Å²) >= 11 is 1.06. The van der Waals surface area contributed by atoms with E-state index in [4.69, 9.17) is 0 Å². The van der Waals surface area contributed by atoms with E-state index in [0.29, 0.717) is 15.5 Å². The molecule has 1 atom stereocenters. The number of carbonyl (C=O) groups excluding carboxylic acids is 2. The van der Waals surface area contributed by atoms with Crippen molar-refractivity contribution in [3.05, 3.63) is 22.9 Å². The number of anilines is 2. The van der Waals surface area contributed by atoms with Crippen molar-refractivity contribution >= 4 is 44.1 Å². The lowest BCUT2D eigenvalue weighted by Crippen LogP contribution is -2.43. The van der Waals surface area contributed by atoms with Crippen LogP contribution in [0.25, 0.3) is 10.6 Å². The van der Waals surface area contributed by atoms with E-state index >= 15 is 0 Å². The molecule has 0 radical (unpaired) electrons. The predicted molar refractivity (Wildman–Crippen MR) is 108 cm³/mol. The van der Waals surface area contributed by atoms with Gasteiger partial charge in [0.1, 0.15) is 6.04 Å². The molecule has 0 saturated carbocycles. The molecule has 0 bridgehead atoms. The summed E-state index contributed by atoms with van der Waals surface area (Å²) in [6, 6.07) is -0.638. The third kappa shape index (κ3) is 4.79. The molecule has 0 unspecified atom stereocenters. The van der Waals surface area contributed by atoms with Crippen LogP contribution in [-0.2, 0) is 21.4 Å². The summed E-state index contributed by atoms with van der Waals surface area (Å²) in [5.41, 5.74) is 0.655. The Balaban J connectivity index is 2.13. The number of amides is 2. The Hall–Kier alpha value is -2.74. The number of nitrogens with one attached hydrogen (secondary N) is 2. The van der Waals surface area contributed by atoms with E-state index < -0.39 is 28.1 Å². The summed E-state index contributed by atoms with van der Waals surface area (Å²) in [6.45, 7) is 3.44. The van der Waals surface area contributed by atoms with E-state index in [1.165, 1.54) is 13.0 Å². The van der Waals surface area contributed by atoms with Crippen LogP contribution in [0.2, 0.25) is 0 Å². The maximum atomic E-state index is 13.2. The Kier molecular flexibility index (Phi) is 5.73. The van der Waals surface area contributed by atoms with Crippen molar-refractivity contribution in [1.82, 2.24) is 14.9 Å². The fourth-order valence-corrected chi connectivity index (χ4v) is 4.53. The van der Waals surface area contributed by atoms with Crippen molar-refractivity contribution in [2.24, 2.45) is 0 Å². The van der Waals surface area contributed by atoms with Crippen LogP contribution in [-0.4, -0.2) is 53.6 Å². The number of hydrogen-bond acceptors (Lipinski definition) is 7. The van der Waals surface area contributed by atoms with Gasteiger partial charge in [0, 0.05) is 13.5 Å². The lowest BCUT2D eigenvalue weighted by atomic mass is 10.1. The monoisotopic (exact) mass is 477 g/mol. The lowest BCUT2D eigenvalue weighted by Gasteiger charge is -2.26. The van der Waals surface area contributed by atoms with Crippen LogP contribution in [0.5, 0.6) is 0 Å². The highest BCUT2D eigenvalue weighted by Gasteiger charge is 2.46. The van der Waals surface area contributed by atoms with Gasteiger partial charge >= 0.3 is 6.18 Å². The number of hydrogen-bond donors (Lipinski definition) is 2. The molecule has 0 fully saturated rings. The molecule has 0 aromatic carbocycles. The van der Waals surface area contributed by atoms with Crippen molar-refractivity contribution in [3.8, 4) is 10.6 Å². The highest BCUT2D eigenvalue weighted by molar-refractivity contribution is 7.92. The Morgan fingerprint density at radius 2 is 1.97 bits per heavy atom. The zero-order valence-corrected chi connectivity index (χ0v) is 18.4. The lowest BCUT2D eigenvalue weighted by molar-refractivity contribution is -0.172. The zero-order valence-electron chi connectivity index (χ0n) is 16.8. The standard InChI is InChI=1S/C17H18F3N5O4S2/c1-7-13(30-16(21-7)22-9(3)26)11-5-10-6-25(8(2)17(18,19)20)15(27)12(10)14(23-11)24-31(4,28)29/h5,8H,6H2,1-4H3,(H,23,24)(H,21,22,26)/t8-/m0/s1. The second-order valence-corrected chi connectivity index (χ2v) is 9.78. The molecule has 0 saturated heterocycles. The van der Waals surface area contributed by atoms with Gasteiger partial charge < -0.3 is 10.2 Å². The molecule has 3 heterocycles. The summed E-state index contributed by atoms with van der Waals surface area (Å²) in [5, 5.41) is 2.81. The Bertz CT molecular complexity index is 1180. The fraction of sp³-hybridized carbons (Fsp3) is 0.412. The molecule has 0 aliphatic carbocycles. The van der Waals surface area contributed by atoms with Crippen molar-refractivity contribution < 1.29 is 31.2 Å². The number of fused-ring (bicyclic) bond motifs is 1. The molecular weight excluding hydrogens is 459 g/mol. The van der Waals surface area contributed by atoms with E-state index in [0.717, 1.165) is 24.5 Å². The Morgan fingerprint density at radius 3 is 2.52 bits per heavy atom. The molecule has 2 amide bonds. The summed E-state index contributed by atoms with van der Waals surface area (Å²) < 4.78 is 65.4. The third-order valence-corrected chi connectivity index (χ3v) is 6.11. The molecule has 31 heavy (non-hydrogen) atoms. The fourth-order valence-electron chi connectivity index (χ4n) is 3.05. The highest BCUT2D eigenvalue weighted by atomic mass is 32.2. The number of nitrogens with zero attached hydrogens (tertiary/aromatic N) is 3. The summed E-state index contributed by atoms with van der Waals surface area (Å²) in [7, 11) is -3.88. The number of alkyl halides is 3. The molecule has 0 spiro atoms. The van der Waals surface area contributed by atoms with Gasteiger partial charge in [-0.2, -0.15) is 13.2 Å². The number of carbonyl (C=O) groups is 2. The van der Waals surface area contributed by atoms with Gasteiger partial charge in [-0.1, -0.05) is 11.3 Å². The van der Waals surface area contributed by atoms with Gasteiger partial charge in [0.25, 0.3) is 5.91 Å². The molecule has 1 aliphatic rings. The van der Waals surface area contributed by atoms with Crippen molar-refractivity contribution in [1.29, 1.82) is 0 Å². The van der Waals surface area contributed by atoms with Crippen LogP contribution >= 0.6 is 11.3 Å². The quantitative estimate of drug-likeness (QED) is 0.683. The van der Waals surface area contributed by atoms with E-state index in [2.05, 4.69) is 20.0 Å². The predicted octanol–water partition coefficient (Wildman–Crippen LogP) is 2.75. The van der Waals surface area contributed by atoms with Crippen LogP contribution in [0.4, 0.5) is 24.1 Å². The van der Waals surface area contributed by atoms with Crippen LogP contribution in [0, 0.1) is 6.92 Å². The van der Waals surface area contributed by atoms with Gasteiger partial charge in [0.15, 0.2) is 10.9 Å². The minimum Gasteiger partial charge on any atom is -0.322 e. The second kappa shape index (κ2) is 7.75. The molecule has 9 nitrogen and oxygen atoms in total. The highest BCUT2D eigenvalue weighted by Crippen LogP contribution is 2.39. The zero-order chi connectivity index (χ0) is 23.3. The van der Waals surface area contributed by atoms with Gasteiger partial charge in [-0.05, 0) is 25.5 Å². The molecule has 14 heteroatoms. The van der Waals surface area contributed by atoms with Crippen LogP contribution < -0.4 is 10.0 Å². The number of rotatable bonds is 5. The molecule has 2 aromatic rings. The van der Waals surface area contributed by atoms with Gasteiger partial charge in [-0.15, -0.1) is 0 Å². The second-order valence-electron chi connectivity index (χ2n) is 7.03. The van der Waals surface area contributed by atoms with Gasteiger partial charge in [0.05, 0.1) is 28.1 Å². The SMILES string of the molecule is CC(=O)Nc1nc(C)c(-c2cc3c(c(NS(C)(=O)=O)n2)C(=O)N([C@@H](C)C(F)(F)F)C3)s1. The van der Waals surface area contributed by atoms with Crippen LogP contribution in [0.1, 0.15) is 35.5 Å². The number of thiazole rings is 1. The first-order valence-electron chi connectivity index (χ1n) is 8.82. The van der Waals surface area contributed by atoms with Crippen LogP contribution in [0.15, 0.2) is 6.07 Å². The number of aromatic nitrogens is 2. The van der Waals surface area contributed by atoms with Gasteiger partial charge in [-0.25, -0.2) is 18.4 Å². The largest absolute Gasteiger partial charge is 0.408 e. The average Bonchev–Trinajstić information content (AvgIpc) is 3.11. The summed E-state index contributed by atoms with van der Waals surface area (Å²) in [6.07, 6.45) is -3.81. The van der Waals surface area contributed by atoms with E-state index in [-0.39, 0.29) is 40.2 Å². The summed E-state index contributed by atoms with van der Waals surface area (Å²) in [4.78, 5) is 33.5. The van der Waals surface area contributed by atoms with Gasteiger partial charge in [-0.3, -0.25) is 14.3 Å². The van der Waals surface area contributed by atoms with E-state index in [1.807, 2.05) is 0 Å². The van der Waals surface area contributed by atoms with Gasteiger partial charge in [0.2, 0.25) is 15.9 Å². The third-order valence-electron chi connectivity index (χ3n) is 4.45. The molecule has 168 valence electrons. The average molecular weight is 477 g/mol. The topological polar surface area (TPSA) is 121 Å². The number of pyridine rings is 1. The van der Waals surface area contributed by atoms with E-state index in [1.54, 1.807) is 6.92 Å². The maximum absolute atomic E-state index is 13.2. The number of aryl methyl sites for hydroxylation is 1. The smallest absolute Gasteiger partial charge is 0.322 e. The summed E-state index contributed by atoms with van der Waals surface area (Å²) in [5.74, 6) is -1.67. The van der Waals surface area contributed by atoms with E-state index in [9.17, 15) is 31.2 Å². The normalized spacial score (nSPS) is 15.1. The first-order valence-corrected chi connectivity index (χ1v) is 11.5. The first-order chi connectivity index (χ1) is 14.2. The molecule has 3 rings (SSSR count). The minimum absolute atomic E-state index is 0.200. The van der Waals surface area contributed by atoms with Crippen molar-refractivity contribution in [2.45, 2.75) is 39.5 Å². The maximum Gasteiger partial charge on any atom is 0.408 e.